The maximum atomic E-state index is 12.6. The maximum Gasteiger partial charge on any atom is 0.301 e. The van der Waals surface area contributed by atoms with Crippen LogP contribution in [-0.2, 0) is 0 Å². The third-order valence-corrected chi connectivity index (χ3v) is 3.75. The summed E-state index contributed by atoms with van der Waals surface area (Å²) in [6, 6.07) is 3.70. The second-order valence-electron chi connectivity index (χ2n) is 3.50. The molecule has 19 heavy (non-hydrogen) atoms. The Morgan fingerprint density at radius 2 is 2.11 bits per heavy atom. The average Bonchev–Trinajstić information content (AvgIpc) is 2.93. The van der Waals surface area contributed by atoms with Crippen LogP contribution >= 0.6 is 23.1 Å². The van der Waals surface area contributed by atoms with Crippen molar-refractivity contribution < 1.29 is 13.2 Å². The molecule has 100 valence electrons. The van der Waals surface area contributed by atoms with E-state index in [4.69, 9.17) is 0 Å². The second-order valence-corrected chi connectivity index (χ2v) is 5.34. The lowest BCUT2D eigenvalue weighted by molar-refractivity contribution is 0.373. The van der Waals surface area contributed by atoms with Gasteiger partial charge >= 0.3 is 6.08 Å². The van der Waals surface area contributed by atoms with Crippen molar-refractivity contribution >= 4 is 23.1 Å². The number of nitrogens with zero attached hydrogens (tertiary/aromatic N) is 2. The lowest BCUT2D eigenvalue weighted by atomic mass is 10.2. The van der Waals surface area contributed by atoms with Crippen molar-refractivity contribution in [2.24, 2.45) is 0 Å². The quantitative estimate of drug-likeness (QED) is 0.588. The van der Waals surface area contributed by atoms with Gasteiger partial charge in [-0.3, -0.25) is 0 Å². The van der Waals surface area contributed by atoms with Crippen LogP contribution in [0.25, 0.3) is 11.3 Å². The molecule has 0 saturated carbocycles. The van der Waals surface area contributed by atoms with Crippen LogP contribution in [0.15, 0.2) is 46.2 Å². The van der Waals surface area contributed by atoms with Gasteiger partial charge in [0.05, 0.1) is 5.69 Å². The van der Waals surface area contributed by atoms with Crippen molar-refractivity contribution in [3.05, 3.63) is 41.0 Å². The summed E-state index contributed by atoms with van der Waals surface area (Å²) in [5, 5.41) is 4.35. The number of thiophene rings is 1. The van der Waals surface area contributed by atoms with Crippen LogP contribution in [0.2, 0.25) is 0 Å². The summed E-state index contributed by atoms with van der Waals surface area (Å²) in [4.78, 5) is 8.31. The first kappa shape index (κ1) is 14.1. The zero-order valence-corrected chi connectivity index (χ0v) is 11.3. The van der Waals surface area contributed by atoms with Gasteiger partial charge in [-0.05, 0) is 17.5 Å². The van der Waals surface area contributed by atoms with E-state index in [2.05, 4.69) is 9.97 Å². The van der Waals surface area contributed by atoms with Crippen molar-refractivity contribution in [2.45, 2.75) is 11.6 Å². The molecule has 0 bridgehead atoms. The summed E-state index contributed by atoms with van der Waals surface area (Å²) < 4.78 is 36.3. The van der Waals surface area contributed by atoms with Crippen molar-refractivity contribution in [1.29, 1.82) is 0 Å². The highest BCUT2D eigenvalue weighted by Gasteiger charge is 2.07. The Balaban J connectivity index is 1.99. The first-order valence-electron chi connectivity index (χ1n) is 5.35. The van der Waals surface area contributed by atoms with E-state index < -0.39 is 11.9 Å². The normalized spacial score (nSPS) is 10.5. The van der Waals surface area contributed by atoms with Gasteiger partial charge in [0, 0.05) is 29.3 Å². The molecule has 0 saturated heterocycles. The molecule has 0 aromatic carbocycles. The predicted molar refractivity (Wildman–Crippen MR) is 71.0 cm³/mol. The molecule has 2 aromatic heterocycles. The van der Waals surface area contributed by atoms with Gasteiger partial charge in [0.2, 0.25) is 0 Å². The Bertz CT molecular complexity index is 566. The van der Waals surface area contributed by atoms with Crippen molar-refractivity contribution in [2.75, 3.05) is 5.75 Å². The Hall–Kier alpha value is -1.34. The molecule has 2 nitrogen and oxygen atoms in total. The first-order valence-corrected chi connectivity index (χ1v) is 7.27. The van der Waals surface area contributed by atoms with Crippen molar-refractivity contribution in [1.82, 2.24) is 9.97 Å². The molecule has 0 aliphatic heterocycles. The van der Waals surface area contributed by atoms with Crippen molar-refractivity contribution in [3.8, 4) is 11.3 Å². The lowest BCUT2D eigenvalue weighted by Gasteiger charge is -2.01. The molecule has 0 aliphatic rings. The number of aromatic nitrogens is 2. The molecule has 0 radical (unpaired) electrons. The van der Waals surface area contributed by atoms with Crippen LogP contribution in [-0.4, -0.2) is 15.7 Å². The van der Waals surface area contributed by atoms with Crippen LogP contribution in [0.3, 0.4) is 0 Å². The maximum absolute atomic E-state index is 12.6. The van der Waals surface area contributed by atoms with Crippen LogP contribution in [0.4, 0.5) is 13.2 Å². The second kappa shape index (κ2) is 6.72. The summed E-state index contributed by atoms with van der Waals surface area (Å²) in [6.45, 7) is 0. The molecule has 2 aromatic rings. The van der Waals surface area contributed by atoms with E-state index in [0.29, 0.717) is 5.16 Å². The minimum atomic E-state index is -2.26. The van der Waals surface area contributed by atoms with Crippen LogP contribution < -0.4 is 0 Å². The standard InChI is InChI=1S/C12H9F3N2S2/c13-9(11(14)15)3-6-19-12-16-4-1-10(17-12)8-2-5-18-7-8/h1-2,4-5,7H,3,6H2. The molecule has 7 heteroatoms. The molecule has 0 amide bonds. The Morgan fingerprint density at radius 1 is 1.26 bits per heavy atom. The smallest absolute Gasteiger partial charge is 0.231 e. The fourth-order valence-electron chi connectivity index (χ4n) is 1.31. The molecule has 2 rings (SSSR count). The van der Waals surface area contributed by atoms with E-state index in [0.717, 1.165) is 23.0 Å². The highest BCUT2D eigenvalue weighted by molar-refractivity contribution is 7.99. The lowest BCUT2D eigenvalue weighted by Crippen LogP contribution is -1.90. The summed E-state index contributed by atoms with van der Waals surface area (Å²) in [5.74, 6) is -1.20. The van der Waals surface area contributed by atoms with Crippen LogP contribution in [0, 0.1) is 0 Å². The van der Waals surface area contributed by atoms with E-state index in [-0.39, 0.29) is 12.2 Å². The summed E-state index contributed by atoms with van der Waals surface area (Å²) in [7, 11) is 0. The van der Waals surface area contributed by atoms with E-state index >= 15 is 0 Å². The molecule has 0 unspecified atom stereocenters. The monoisotopic (exact) mass is 302 g/mol. The molecule has 0 N–H and O–H groups in total. The number of rotatable bonds is 5. The molecule has 0 aliphatic carbocycles. The summed E-state index contributed by atoms with van der Waals surface area (Å²) in [5.41, 5.74) is 1.75. The van der Waals surface area contributed by atoms with Gasteiger partial charge in [-0.1, -0.05) is 11.8 Å². The molecular weight excluding hydrogens is 293 g/mol. The van der Waals surface area contributed by atoms with Gasteiger partial charge in [0.15, 0.2) is 11.0 Å². The number of allylic oxidation sites excluding steroid dienone is 1. The molecular formula is C12H9F3N2S2. The Labute approximate surface area is 116 Å². The van der Waals surface area contributed by atoms with Gasteiger partial charge in [0.25, 0.3) is 0 Å². The number of thioether (sulfide) groups is 1. The average molecular weight is 302 g/mol. The van der Waals surface area contributed by atoms with Gasteiger partial charge in [-0.25, -0.2) is 14.4 Å². The molecule has 2 heterocycles. The van der Waals surface area contributed by atoms with E-state index in [1.54, 1.807) is 23.6 Å². The van der Waals surface area contributed by atoms with Gasteiger partial charge in [-0.15, -0.1) is 0 Å². The molecule has 0 spiro atoms. The molecule has 0 fully saturated rings. The highest BCUT2D eigenvalue weighted by atomic mass is 32.2. The van der Waals surface area contributed by atoms with E-state index in [1.807, 2.05) is 16.8 Å². The van der Waals surface area contributed by atoms with Crippen molar-refractivity contribution in [3.63, 3.8) is 0 Å². The van der Waals surface area contributed by atoms with E-state index in [9.17, 15) is 13.2 Å². The fraction of sp³-hybridized carbons (Fsp3) is 0.167. The first-order chi connectivity index (χ1) is 9.16. The van der Waals surface area contributed by atoms with Gasteiger partial charge < -0.3 is 0 Å². The largest absolute Gasteiger partial charge is 0.301 e. The van der Waals surface area contributed by atoms with E-state index in [1.165, 1.54) is 0 Å². The minimum Gasteiger partial charge on any atom is -0.231 e. The number of hydrogen-bond donors (Lipinski definition) is 0. The number of hydrogen-bond acceptors (Lipinski definition) is 4. The van der Waals surface area contributed by atoms with Crippen LogP contribution in [0.1, 0.15) is 6.42 Å². The zero-order valence-electron chi connectivity index (χ0n) is 9.65. The summed E-state index contributed by atoms with van der Waals surface area (Å²) >= 11 is 2.71. The fourth-order valence-corrected chi connectivity index (χ4v) is 2.72. The Morgan fingerprint density at radius 3 is 2.79 bits per heavy atom. The summed E-state index contributed by atoms with van der Waals surface area (Å²) in [6.07, 6.45) is -0.975. The van der Waals surface area contributed by atoms with Crippen LogP contribution in [0.5, 0.6) is 0 Å². The third-order valence-electron chi connectivity index (χ3n) is 2.21. The Kier molecular flexibility index (Phi) is 4.98. The minimum absolute atomic E-state index is 0.177. The van der Waals surface area contributed by atoms with Gasteiger partial charge in [-0.2, -0.15) is 20.1 Å². The van der Waals surface area contributed by atoms with Gasteiger partial charge in [0.1, 0.15) is 0 Å². The molecule has 0 atom stereocenters. The highest BCUT2D eigenvalue weighted by Crippen LogP contribution is 2.24. The number of halogens is 3. The SMILES string of the molecule is FC(F)=C(F)CCSc1nccc(-c2ccsc2)n1. The third kappa shape index (κ3) is 4.07. The topological polar surface area (TPSA) is 25.8 Å². The zero-order chi connectivity index (χ0) is 13.7. The predicted octanol–water partition coefficient (Wildman–Crippen LogP) is 4.76.